The van der Waals surface area contributed by atoms with Crippen LogP contribution in [0.4, 0.5) is 11.4 Å². The molecule has 0 aliphatic carbocycles. The van der Waals surface area contributed by atoms with Crippen molar-refractivity contribution in [3.05, 3.63) is 28.6 Å². The van der Waals surface area contributed by atoms with E-state index in [1.165, 1.54) is 6.20 Å². The van der Waals surface area contributed by atoms with E-state index >= 15 is 0 Å². The highest BCUT2D eigenvalue weighted by molar-refractivity contribution is 5.59. The molecule has 0 bridgehead atoms. The van der Waals surface area contributed by atoms with Crippen LogP contribution in [0.2, 0.25) is 0 Å². The second kappa shape index (κ2) is 5.97. The van der Waals surface area contributed by atoms with Crippen LogP contribution in [-0.2, 0) is 4.74 Å². The molecular formula is C13H19N3O3. The summed E-state index contributed by atoms with van der Waals surface area (Å²) in [6, 6.07) is 1.64. The zero-order valence-corrected chi connectivity index (χ0v) is 11.2. The van der Waals surface area contributed by atoms with Crippen LogP contribution in [-0.4, -0.2) is 29.2 Å². The van der Waals surface area contributed by atoms with E-state index < -0.39 is 4.92 Å². The molecular weight excluding hydrogens is 246 g/mol. The van der Waals surface area contributed by atoms with Crippen molar-refractivity contribution in [1.82, 2.24) is 4.98 Å². The van der Waals surface area contributed by atoms with Crippen LogP contribution >= 0.6 is 0 Å². The van der Waals surface area contributed by atoms with Crippen molar-refractivity contribution in [2.24, 2.45) is 11.8 Å². The Bertz CT molecular complexity index is 451. The van der Waals surface area contributed by atoms with Gasteiger partial charge in [-0.1, -0.05) is 13.8 Å². The Morgan fingerprint density at radius 3 is 3.11 bits per heavy atom. The zero-order chi connectivity index (χ0) is 13.8. The third-order valence-corrected chi connectivity index (χ3v) is 3.47. The molecule has 0 spiro atoms. The summed E-state index contributed by atoms with van der Waals surface area (Å²) >= 11 is 0. The number of rotatable bonds is 5. The number of nitrogens with one attached hydrogen (secondary N) is 1. The van der Waals surface area contributed by atoms with Crippen LogP contribution in [0.3, 0.4) is 0 Å². The first kappa shape index (κ1) is 13.7. The molecule has 0 amide bonds. The lowest BCUT2D eigenvalue weighted by atomic mass is 9.93. The predicted molar refractivity (Wildman–Crippen MR) is 72.1 cm³/mol. The topological polar surface area (TPSA) is 77.3 Å². The fourth-order valence-corrected chi connectivity index (χ4v) is 2.53. The van der Waals surface area contributed by atoms with Crippen molar-refractivity contribution in [3.8, 4) is 0 Å². The average molecular weight is 265 g/mol. The summed E-state index contributed by atoms with van der Waals surface area (Å²) in [7, 11) is 0. The maximum atomic E-state index is 10.9. The molecule has 1 aromatic heterocycles. The average Bonchev–Trinajstić information content (AvgIpc) is 2.85. The predicted octanol–water partition coefficient (Wildman–Crippen LogP) is 2.46. The number of nitrogens with zero attached hydrogens (tertiary/aromatic N) is 2. The van der Waals surface area contributed by atoms with Gasteiger partial charge in [0.15, 0.2) is 0 Å². The highest BCUT2D eigenvalue weighted by Crippen LogP contribution is 2.28. The fraction of sp³-hybridized carbons (Fsp3) is 0.615. The first-order chi connectivity index (χ1) is 9.09. The molecule has 19 heavy (non-hydrogen) atoms. The Balaban J connectivity index is 2.01. The SMILES string of the molecule is CC(C)[C@H]1OCC[C@H]1CNc1ccncc1[N+](=O)[O-]. The molecule has 1 N–H and O–H groups in total. The molecule has 0 unspecified atom stereocenters. The first-order valence-electron chi connectivity index (χ1n) is 6.53. The molecule has 2 heterocycles. The minimum atomic E-state index is -0.416. The number of anilines is 1. The number of aromatic nitrogens is 1. The molecule has 0 aromatic carbocycles. The Morgan fingerprint density at radius 2 is 2.42 bits per heavy atom. The second-order valence-electron chi connectivity index (χ2n) is 5.16. The van der Waals surface area contributed by atoms with Gasteiger partial charge in [-0.2, -0.15) is 0 Å². The summed E-state index contributed by atoms with van der Waals surface area (Å²) in [4.78, 5) is 14.3. The first-order valence-corrected chi connectivity index (χ1v) is 6.53. The molecule has 1 saturated heterocycles. The maximum absolute atomic E-state index is 10.9. The van der Waals surface area contributed by atoms with Gasteiger partial charge in [-0.25, -0.2) is 0 Å². The molecule has 0 radical (unpaired) electrons. The van der Waals surface area contributed by atoms with Gasteiger partial charge in [-0.15, -0.1) is 0 Å². The van der Waals surface area contributed by atoms with Crippen LogP contribution in [0.1, 0.15) is 20.3 Å². The number of hydrogen-bond acceptors (Lipinski definition) is 5. The van der Waals surface area contributed by atoms with E-state index in [0.29, 0.717) is 24.1 Å². The van der Waals surface area contributed by atoms with Gasteiger partial charge >= 0.3 is 5.69 Å². The zero-order valence-electron chi connectivity index (χ0n) is 11.2. The summed E-state index contributed by atoms with van der Waals surface area (Å²) in [5.74, 6) is 0.856. The number of nitro groups is 1. The van der Waals surface area contributed by atoms with Gasteiger partial charge in [0.1, 0.15) is 11.9 Å². The van der Waals surface area contributed by atoms with Gasteiger partial charge in [0.25, 0.3) is 0 Å². The monoisotopic (exact) mass is 265 g/mol. The van der Waals surface area contributed by atoms with Gasteiger partial charge < -0.3 is 10.1 Å². The molecule has 6 nitrogen and oxygen atoms in total. The minimum Gasteiger partial charge on any atom is -0.379 e. The smallest absolute Gasteiger partial charge is 0.310 e. The van der Waals surface area contributed by atoms with Gasteiger partial charge in [0.05, 0.1) is 11.0 Å². The molecule has 2 rings (SSSR count). The van der Waals surface area contributed by atoms with Crippen molar-refractivity contribution in [2.45, 2.75) is 26.4 Å². The summed E-state index contributed by atoms with van der Waals surface area (Å²) in [5, 5.41) is 14.1. The van der Waals surface area contributed by atoms with Crippen molar-refractivity contribution in [3.63, 3.8) is 0 Å². The van der Waals surface area contributed by atoms with E-state index in [4.69, 9.17) is 4.74 Å². The summed E-state index contributed by atoms with van der Waals surface area (Å²) in [6.07, 6.45) is 4.05. The van der Waals surface area contributed by atoms with Crippen LogP contribution < -0.4 is 5.32 Å². The van der Waals surface area contributed by atoms with Crippen molar-refractivity contribution >= 4 is 11.4 Å². The van der Waals surface area contributed by atoms with Crippen molar-refractivity contribution < 1.29 is 9.66 Å². The highest BCUT2D eigenvalue weighted by Gasteiger charge is 2.30. The van der Waals surface area contributed by atoms with Crippen molar-refractivity contribution in [1.29, 1.82) is 0 Å². The molecule has 0 saturated carbocycles. The lowest BCUT2D eigenvalue weighted by Crippen LogP contribution is -2.28. The standard InChI is InChI=1S/C13H19N3O3/c1-9(2)13-10(4-6-19-13)7-15-11-3-5-14-8-12(11)16(17)18/h3,5,8-10,13H,4,6-7H2,1-2H3,(H,14,15)/t10-,13+/m0/s1. The van der Waals surface area contributed by atoms with Crippen LogP contribution in [0.5, 0.6) is 0 Å². The largest absolute Gasteiger partial charge is 0.379 e. The maximum Gasteiger partial charge on any atom is 0.310 e. The number of pyridine rings is 1. The molecule has 6 heteroatoms. The van der Waals surface area contributed by atoms with Gasteiger partial charge in [-0.3, -0.25) is 15.1 Å². The second-order valence-corrected chi connectivity index (χ2v) is 5.16. The molecule has 2 atom stereocenters. The van der Waals surface area contributed by atoms with Crippen LogP contribution in [0.15, 0.2) is 18.5 Å². The Hall–Kier alpha value is -1.69. The van der Waals surface area contributed by atoms with Gasteiger partial charge in [-0.05, 0) is 18.4 Å². The van der Waals surface area contributed by atoms with E-state index in [9.17, 15) is 10.1 Å². The summed E-state index contributed by atoms with van der Waals surface area (Å²) < 4.78 is 5.71. The third-order valence-electron chi connectivity index (χ3n) is 3.47. The van der Waals surface area contributed by atoms with Gasteiger partial charge in [0, 0.05) is 25.3 Å². The Labute approximate surface area is 112 Å². The van der Waals surface area contributed by atoms with E-state index in [0.717, 1.165) is 13.0 Å². The number of hydrogen-bond donors (Lipinski definition) is 1. The quantitative estimate of drug-likeness (QED) is 0.653. The van der Waals surface area contributed by atoms with Crippen LogP contribution in [0, 0.1) is 22.0 Å². The van der Waals surface area contributed by atoms with Gasteiger partial charge in [0.2, 0.25) is 0 Å². The summed E-state index contributed by atoms with van der Waals surface area (Å²) in [5.41, 5.74) is 0.539. The molecule has 1 aliphatic heterocycles. The lowest BCUT2D eigenvalue weighted by Gasteiger charge is -2.22. The Morgan fingerprint density at radius 1 is 1.63 bits per heavy atom. The van der Waals surface area contributed by atoms with E-state index in [-0.39, 0.29) is 11.8 Å². The highest BCUT2D eigenvalue weighted by atomic mass is 16.6. The third kappa shape index (κ3) is 3.20. The Kier molecular flexibility index (Phi) is 4.31. The number of ether oxygens (including phenoxy) is 1. The minimum absolute atomic E-state index is 0.0162. The van der Waals surface area contributed by atoms with E-state index in [1.807, 2.05) is 0 Å². The molecule has 104 valence electrons. The van der Waals surface area contributed by atoms with Crippen LogP contribution in [0.25, 0.3) is 0 Å². The normalized spacial score (nSPS) is 22.7. The summed E-state index contributed by atoms with van der Waals surface area (Å²) in [6.45, 7) is 5.73. The molecule has 1 aromatic rings. The lowest BCUT2D eigenvalue weighted by molar-refractivity contribution is -0.384. The van der Waals surface area contributed by atoms with Crippen molar-refractivity contribution in [2.75, 3.05) is 18.5 Å². The molecule has 1 fully saturated rings. The van der Waals surface area contributed by atoms with E-state index in [2.05, 4.69) is 24.1 Å². The fourth-order valence-electron chi connectivity index (χ4n) is 2.53. The molecule has 1 aliphatic rings. The van der Waals surface area contributed by atoms with E-state index in [1.54, 1.807) is 12.3 Å².